The largest absolute Gasteiger partial charge is 0.462 e. The fourth-order valence-electron chi connectivity index (χ4n) is 3.41. The molecule has 0 aromatic heterocycles. The number of nitrogens with zero attached hydrogens (tertiary/aromatic N) is 1. The monoisotopic (exact) mass is 454 g/mol. The molecule has 1 N–H and O–H groups in total. The number of nitriles is 1. The second kappa shape index (κ2) is 9.74. The second-order valence-corrected chi connectivity index (χ2v) is 8.71. The number of rotatable bonds is 6. The van der Waals surface area contributed by atoms with E-state index in [0.717, 1.165) is 12.1 Å². The molecule has 1 unspecified atom stereocenters. The van der Waals surface area contributed by atoms with Gasteiger partial charge in [0, 0.05) is 12.8 Å². The summed E-state index contributed by atoms with van der Waals surface area (Å²) < 4.78 is 65.6. The van der Waals surface area contributed by atoms with Crippen LogP contribution in [0.25, 0.3) is 0 Å². The Balaban J connectivity index is 2.68. The van der Waals surface area contributed by atoms with Gasteiger partial charge in [-0.2, -0.15) is 18.4 Å². The minimum atomic E-state index is -4.90. The second-order valence-electron chi connectivity index (χ2n) is 8.71. The minimum Gasteiger partial charge on any atom is -0.462 e. The average molecular weight is 454 g/mol. The zero-order valence-corrected chi connectivity index (χ0v) is 18.6. The lowest BCUT2D eigenvalue weighted by Crippen LogP contribution is -2.32. The molecular formula is C23H26F4N2O3. The van der Waals surface area contributed by atoms with Crippen LogP contribution in [0.15, 0.2) is 40.7 Å². The summed E-state index contributed by atoms with van der Waals surface area (Å²) in [6, 6.07) is 4.08. The Bertz CT molecular complexity index is 982. The van der Waals surface area contributed by atoms with E-state index in [-0.39, 0.29) is 41.2 Å². The van der Waals surface area contributed by atoms with Crippen molar-refractivity contribution in [2.24, 2.45) is 5.41 Å². The first-order valence-electron chi connectivity index (χ1n) is 9.93. The summed E-state index contributed by atoms with van der Waals surface area (Å²) >= 11 is 0. The average Bonchev–Trinajstić information content (AvgIpc) is 2.66. The summed E-state index contributed by atoms with van der Waals surface area (Å²) in [6.07, 6.45) is -4.38. The number of nitrogens with one attached hydrogen (secondary N) is 1. The number of halogens is 4. The molecule has 1 aliphatic heterocycles. The van der Waals surface area contributed by atoms with Crippen molar-refractivity contribution >= 4 is 5.97 Å². The number of alkyl halides is 3. The van der Waals surface area contributed by atoms with E-state index in [2.05, 4.69) is 5.32 Å². The Morgan fingerprint density at radius 1 is 1.25 bits per heavy atom. The van der Waals surface area contributed by atoms with Crippen molar-refractivity contribution in [1.29, 1.82) is 5.26 Å². The molecule has 2 rings (SSSR count). The Hall–Kier alpha value is -2.86. The Morgan fingerprint density at radius 2 is 1.91 bits per heavy atom. The van der Waals surface area contributed by atoms with Crippen LogP contribution in [-0.4, -0.2) is 26.3 Å². The van der Waals surface area contributed by atoms with Gasteiger partial charge in [-0.1, -0.05) is 26.8 Å². The van der Waals surface area contributed by atoms with E-state index in [0.29, 0.717) is 12.5 Å². The molecule has 9 heteroatoms. The van der Waals surface area contributed by atoms with Crippen LogP contribution >= 0.6 is 0 Å². The van der Waals surface area contributed by atoms with Gasteiger partial charge in [0.25, 0.3) is 0 Å². The molecule has 1 aromatic carbocycles. The molecule has 1 aromatic rings. The van der Waals surface area contributed by atoms with Gasteiger partial charge in [-0.15, -0.1) is 0 Å². The number of esters is 1. The van der Waals surface area contributed by atoms with Gasteiger partial charge in [-0.05, 0) is 36.5 Å². The summed E-state index contributed by atoms with van der Waals surface area (Å²) in [4.78, 5) is 13.1. The standard InChI is InChI=1S/C23H26F4N2O3/c1-13-16(11-28)19(15-7-6-14(24)10-17(15)23(25,26)27)20(18(29-13)12-31-5)21(30)32-9-8-22(2,3)4/h6-7,10,19,29H,8-9,12H2,1-5H3. The van der Waals surface area contributed by atoms with Gasteiger partial charge in [0.15, 0.2) is 0 Å². The van der Waals surface area contributed by atoms with Gasteiger partial charge >= 0.3 is 12.1 Å². The van der Waals surface area contributed by atoms with E-state index in [1.54, 1.807) is 0 Å². The number of carbonyl (C=O) groups excluding carboxylic acids is 1. The van der Waals surface area contributed by atoms with Crippen molar-refractivity contribution in [3.8, 4) is 6.07 Å². The molecule has 0 spiro atoms. The molecule has 32 heavy (non-hydrogen) atoms. The van der Waals surface area contributed by atoms with E-state index in [1.807, 2.05) is 26.8 Å². The lowest BCUT2D eigenvalue weighted by Gasteiger charge is -2.31. The van der Waals surface area contributed by atoms with Gasteiger partial charge < -0.3 is 14.8 Å². The minimum absolute atomic E-state index is 0.0406. The smallest absolute Gasteiger partial charge is 0.416 e. The van der Waals surface area contributed by atoms with Gasteiger partial charge in [0.1, 0.15) is 5.82 Å². The van der Waals surface area contributed by atoms with Crippen LogP contribution in [0.4, 0.5) is 17.6 Å². The predicted octanol–water partition coefficient (Wildman–Crippen LogP) is 5.21. The van der Waals surface area contributed by atoms with Crippen molar-refractivity contribution in [3.05, 3.63) is 57.7 Å². The predicted molar refractivity (Wildman–Crippen MR) is 110 cm³/mol. The van der Waals surface area contributed by atoms with E-state index < -0.39 is 35.0 Å². The third kappa shape index (κ3) is 5.88. The summed E-state index contributed by atoms with van der Waals surface area (Å²) in [5.41, 5.74) is -1.61. The first-order valence-corrected chi connectivity index (χ1v) is 9.93. The summed E-state index contributed by atoms with van der Waals surface area (Å²) in [5.74, 6) is -3.34. The highest BCUT2D eigenvalue weighted by molar-refractivity contribution is 5.93. The van der Waals surface area contributed by atoms with Gasteiger partial charge in [0.2, 0.25) is 0 Å². The van der Waals surface area contributed by atoms with Gasteiger partial charge in [-0.25, -0.2) is 9.18 Å². The topological polar surface area (TPSA) is 71.3 Å². The number of hydrogen-bond donors (Lipinski definition) is 1. The quantitative estimate of drug-likeness (QED) is 0.472. The summed E-state index contributed by atoms with van der Waals surface area (Å²) in [5, 5.41) is 12.6. The van der Waals surface area contributed by atoms with E-state index in [4.69, 9.17) is 9.47 Å². The first-order chi connectivity index (χ1) is 14.8. The molecule has 1 aliphatic rings. The lowest BCUT2D eigenvalue weighted by molar-refractivity contribution is -0.141. The first kappa shape index (κ1) is 25.4. The Kier molecular flexibility index (Phi) is 7.73. The SMILES string of the molecule is COCC1=C(C(=O)OCCC(C)(C)C)C(c2ccc(F)cc2C(F)(F)F)C(C#N)=C(C)N1. The Morgan fingerprint density at radius 3 is 2.44 bits per heavy atom. The normalized spacial score (nSPS) is 17.2. The Labute approximate surface area is 184 Å². The van der Waals surface area contributed by atoms with Crippen molar-refractivity contribution in [1.82, 2.24) is 5.32 Å². The zero-order valence-electron chi connectivity index (χ0n) is 18.6. The highest BCUT2D eigenvalue weighted by atomic mass is 19.4. The molecule has 0 bridgehead atoms. The van der Waals surface area contributed by atoms with E-state index in [9.17, 15) is 27.6 Å². The lowest BCUT2D eigenvalue weighted by atomic mass is 9.79. The van der Waals surface area contributed by atoms with Crippen molar-refractivity contribution in [2.75, 3.05) is 20.3 Å². The van der Waals surface area contributed by atoms with Crippen LogP contribution in [0.2, 0.25) is 0 Å². The number of carbonyl (C=O) groups is 1. The van der Waals surface area contributed by atoms with Crippen LogP contribution in [0.3, 0.4) is 0 Å². The fourth-order valence-corrected chi connectivity index (χ4v) is 3.41. The van der Waals surface area contributed by atoms with Crippen LogP contribution in [0.1, 0.15) is 51.2 Å². The van der Waals surface area contributed by atoms with Gasteiger partial charge in [0.05, 0.1) is 47.6 Å². The molecule has 0 aliphatic carbocycles. The van der Waals surface area contributed by atoms with Crippen molar-refractivity contribution in [3.63, 3.8) is 0 Å². The maximum Gasteiger partial charge on any atom is 0.416 e. The van der Waals surface area contributed by atoms with Crippen LogP contribution in [-0.2, 0) is 20.4 Å². The van der Waals surface area contributed by atoms with Crippen molar-refractivity contribution in [2.45, 2.75) is 46.2 Å². The third-order valence-corrected chi connectivity index (χ3v) is 4.99. The third-order valence-electron chi connectivity index (χ3n) is 4.99. The number of benzene rings is 1. The molecule has 5 nitrogen and oxygen atoms in total. The number of methoxy groups -OCH3 is 1. The fraction of sp³-hybridized carbons (Fsp3) is 0.478. The maximum absolute atomic E-state index is 13.8. The number of allylic oxidation sites excluding steroid dienone is 2. The number of dihydropyridines is 1. The van der Waals surface area contributed by atoms with Crippen LogP contribution in [0.5, 0.6) is 0 Å². The van der Waals surface area contributed by atoms with E-state index >= 15 is 0 Å². The number of ether oxygens (including phenoxy) is 2. The molecule has 0 amide bonds. The summed E-state index contributed by atoms with van der Waals surface area (Å²) in [7, 11) is 1.37. The molecule has 0 saturated carbocycles. The van der Waals surface area contributed by atoms with Crippen LogP contribution < -0.4 is 5.32 Å². The highest BCUT2D eigenvalue weighted by Crippen LogP contribution is 2.44. The maximum atomic E-state index is 13.8. The zero-order chi connectivity index (χ0) is 24.3. The molecular weight excluding hydrogens is 428 g/mol. The van der Waals surface area contributed by atoms with E-state index in [1.165, 1.54) is 14.0 Å². The summed E-state index contributed by atoms with van der Waals surface area (Å²) in [6.45, 7) is 7.29. The molecule has 0 radical (unpaired) electrons. The molecule has 1 atom stereocenters. The molecule has 0 saturated heterocycles. The highest BCUT2D eigenvalue weighted by Gasteiger charge is 2.42. The number of hydrogen-bond acceptors (Lipinski definition) is 5. The van der Waals surface area contributed by atoms with Gasteiger partial charge in [-0.3, -0.25) is 0 Å². The van der Waals surface area contributed by atoms with Crippen LogP contribution in [0, 0.1) is 22.6 Å². The molecule has 0 fully saturated rings. The molecule has 1 heterocycles. The van der Waals surface area contributed by atoms with Crippen molar-refractivity contribution < 1.29 is 31.8 Å². The molecule has 174 valence electrons.